The molecule has 0 aromatic carbocycles. The topological polar surface area (TPSA) is 45.2 Å². The van der Waals surface area contributed by atoms with Gasteiger partial charge in [0.2, 0.25) is 5.91 Å². The molecule has 0 aliphatic heterocycles. The van der Waals surface area contributed by atoms with Crippen molar-refractivity contribution in [3.63, 3.8) is 0 Å². The van der Waals surface area contributed by atoms with Crippen LogP contribution < -0.4 is 5.32 Å². The molecule has 1 heterocycles. The van der Waals surface area contributed by atoms with E-state index in [0.29, 0.717) is 19.5 Å². The smallest absolute Gasteiger partial charge is 0.223 e. The number of carbonyl (C=O) groups is 1. The van der Waals surface area contributed by atoms with Crippen LogP contribution in [0.1, 0.15) is 31.7 Å². The third kappa shape index (κ3) is 4.84. The first-order valence-corrected chi connectivity index (χ1v) is 6.58. The molecule has 0 atom stereocenters. The number of hydrogen-bond donors (Lipinski definition) is 1. The fraction of sp³-hybridized carbons (Fsp3) is 0.571. The van der Waals surface area contributed by atoms with Gasteiger partial charge in [-0.3, -0.25) is 9.78 Å². The molecule has 0 unspecified atom stereocenters. The van der Waals surface area contributed by atoms with Crippen molar-refractivity contribution in [2.45, 2.75) is 33.7 Å². The van der Waals surface area contributed by atoms with Crippen LogP contribution in [0.2, 0.25) is 0 Å². The molecule has 18 heavy (non-hydrogen) atoms. The fourth-order valence-corrected chi connectivity index (χ4v) is 1.84. The number of pyridine rings is 1. The maximum absolute atomic E-state index is 11.7. The predicted molar refractivity (Wildman–Crippen MR) is 73.2 cm³/mol. The van der Waals surface area contributed by atoms with Crippen molar-refractivity contribution in [1.29, 1.82) is 0 Å². The Morgan fingerprint density at radius 3 is 2.67 bits per heavy atom. The van der Waals surface area contributed by atoms with E-state index in [4.69, 9.17) is 0 Å². The number of nitrogens with one attached hydrogen (secondary N) is 1. The minimum atomic E-state index is 0.213. The molecule has 0 aliphatic carbocycles. The molecule has 1 aromatic heterocycles. The van der Waals surface area contributed by atoms with E-state index >= 15 is 0 Å². The molecule has 0 spiro atoms. The molecule has 0 bridgehead atoms. The lowest BCUT2D eigenvalue weighted by molar-refractivity contribution is -0.130. The van der Waals surface area contributed by atoms with Crippen LogP contribution in [0.4, 0.5) is 0 Å². The fourth-order valence-electron chi connectivity index (χ4n) is 1.84. The Morgan fingerprint density at radius 1 is 1.33 bits per heavy atom. The largest absolute Gasteiger partial charge is 0.343 e. The van der Waals surface area contributed by atoms with Gasteiger partial charge in [-0.2, -0.15) is 0 Å². The zero-order chi connectivity index (χ0) is 13.4. The summed E-state index contributed by atoms with van der Waals surface area (Å²) in [6.07, 6.45) is 0.549. The van der Waals surface area contributed by atoms with Gasteiger partial charge in [0, 0.05) is 38.3 Å². The lowest BCUT2D eigenvalue weighted by Crippen LogP contribution is -2.32. The average molecular weight is 249 g/mol. The van der Waals surface area contributed by atoms with Gasteiger partial charge in [0.25, 0.3) is 0 Å². The van der Waals surface area contributed by atoms with Gasteiger partial charge < -0.3 is 10.2 Å². The number of hydrogen-bond acceptors (Lipinski definition) is 3. The minimum absolute atomic E-state index is 0.213. The first-order valence-electron chi connectivity index (χ1n) is 6.58. The molecule has 0 saturated carbocycles. The number of amides is 1. The Balaban J connectivity index is 2.24. The van der Waals surface area contributed by atoms with Crippen molar-refractivity contribution in [2.24, 2.45) is 0 Å². The first-order chi connectivity index (χ1) is 8.67. The summed E-state index contributed by atoms with van der Waals surface area (Å²) in [7, 11) is 0. The highest BCUT2D eigenvalue weighted by atomic mass is 16.2. The van der Waals surface area contributed by atoms with Gasteiger partial charge in [-0.25, -0.2) is 0 Å². The zero-order valence-electron chi connectivity index (χ0n) is 11.6. The number of aryl methyl sites for hydroxylation is 1. The summed E-state index contributed by atoms with van der Waals surface area (Å²) in [6, 6.07) is 5.97. The van der Waals surface area contributed by atoms with Gasteiger partial charge in [-0.05, 0) is 32.9 Å². The average Bonchev–Trinajstić information content (AvgIpc) is 2.36. The van der Waals surface area contributed by atoms with E-state index in [2.05, 4.69) is 10.3 Å². The highest BCUT2D eigenvalue weighted by Crippen LogP contribution is 1.98. The highest BCUT2D eigenvalue weighted by Gasteiger charge is 2.08. The summed E-state index contributed by atoms with van der Waals surface area (Å²) in [5.41, 5.74) is 2.04. The third-order valence-electron chi connectivity index (χ3n) is 2.88. The molecule has 0 fully saturated rings. The van der Waals surface area contributed by atoms with Gasteiger partial charge >= 0.3 is 0 Å². The number of nitrogens with zero attached hydrogens (tertiary/aromatic N) is 2. The van der Waals surface area contributed by atoms with Crippen LogP contribution in [0.15, 0.2) is 18.2 Å². The molecule has 1 amide bonds. The zero-order valence-corrected chi connectivity index (χ0v) is 11.6. The van der Waals surface area contributed by atoms with Crippen molar-refractivity contribution in [2.75, 3.05) is 19.6 Å². The molecule has 0 saturated heterocycles. The first kappa shape index (κ1) is 14.6. The van der Waals surface area contributed by atoms with Crippen LogP contribution in [0.5, 0.6) is 0 Å². The van der Waals surface area contributed by atoms with E-state index in [-0.39, 0.29) is 5.91 Å². The summed E-state index contributed by atoms with van der Waals surface area (Å²) < 4.78 is 0. The van der Waals surface area contributed by atoms with Gasteiger partial charge in [-0.1, -0.05) is 6.07 Å². The molecule has 4 nitrogen and oxygen atoms in total. The monoisotopic (exact) mass is 249 g/mol. The van der Waals surface area contributed by atoms with Gasteiger partial charge in [0.1, 0.15) is 0 Å². The van der Waals surface area contributed by atoms with Crippen molar-refractivity contribution < 1.29 is 4.79 Å². The SMILES string of the molecule is CCN(CC)C(=O)CCNCc1cccc(C)n1. The quantitative estimate of drug-likeness (QED) is 0.749. The van der Waals surface area contributed by atoms with Crippen LogP contribution in [-0.4, -0.2) is 35.4 Å². The molecule has 0 radical (unpaired) electrons. The Morgan fingerprint density at radius 2 is 2.06 bits per heavy atom. The molecule has 100 valence electrons. The molecular formula is C14H23N3O. The summed E-state index contributed by atoms with van der Waals surface area (Å²) in [4.78, 5) is 18.0. The maximum atomic E-state index is 11.7. The Labute approximate surface area is 109 Å². The second-order valence-electron chi connectivity index (χ2n) is 4.26. The van der Waals surface area contributed by atoms with Gasteiger partial charge in [-0.15, -0.1) is 0 Å². The van der Waals surface area contributed by atoms with E-state index < -0.39 is 0 Å². The van der Waals surface area contributed by atoms with E-state index in [0.717, 1.165) is 24.5 Å². The summed E-state index contributed by atoms with van der Waals surface area (Å²) in [5, 5.41) is 3.25. The Bertz CT molecular complexity index is 375. The van der Waals surface area contributed by atoms with Gasteiger partial charge in [0.15, 0.2) is 0 Å². The predicted octanol–water partition coefficient (Wildman–Crippen LogP) is 1.74. The van der Waals surface area contributed by atoms with E-state index in [1.807, 2.05) is 43.9 Å². The summed E-state index contributed by atoms with van der Waals surface area (Å²) in [6.45, 7) is 8.98. The second-order valence-corrected chi connectivity index (χ2v) is 4.26. The van der Waals surface area contributed by atoms with Crippen LogP contribution in [0.3, 0.4) is 0 Å². The van der Waals surface area contributed by atoms with Crippen LogP contribution in [0.25, 0.3) is 0 Å². The highest BCUT2D eigenvalue weighted by molar-refractivity contribution is 5.76. The normalized spacial score (nSPS) is 10.4. The van der Waals surface area contributed by atoms with Crippen molar-refractivity contribution in [3.8, 4) is 0 Å². The van der Waals surface area contributed by atoms with E-state index in [1.165, 1.54) is 0 Å². The maximum Gasteiger partial charge on any atom is 0.223 e. The van der Waals surface area contributed by atoms with E-state index in [1.54, 1.807) is 0 Å². The van der Waals surface area contributed by atoms with Crippen LogP contribution in [0, 0.1) is 6.92 Å². The minimum Gasteiger partial charge on any atom is -0.343 e. The number of carbonyl (C=O) groups excluding carboxylic acids is 1. The molecule has 1 rings (SSSR count). The lowest BCUT2D eigenvalue weighted by atomic mass is 10.3. The summed E-state index contributed by atoms with van der Waals surface area (Å²) in [5.74, 6) is 0.213. The molecule has 0 aliphatic rings. The molecule has 1 aromatic rings. The molecule has 1 N–H and O–H groups in total. The number of aromatic nitrogens is 1. The van der Waals surface area contributed by atoms with Crippen LogP contribution in [-0.2, 0) is 11.3 Å². The number of rotatable bonds is 7. The third-order valence-corrected chi connectivity index (χ3v) is 2.88. The van der Waals surface area contributed by atoms with Crippen LogP contribution >= 0.6 is 0 Å². The van der Waals surface area contributed by atoms with Crippen molar-refractivity contribution in [3.05, 3.63) is 29.6 Å². The van der Waals surface area contributed by atoms with E-state index in [9.17, 15) is 4.79 Å². The Kier molecular flexibility index (Phi) is 6.36. The Hall–Kier alpha value is -1.42. The summed E-state index contributed by atoms with van der Waals surface area (Å²) >= 11 is 0. The molecule has 4 heteroatoms. The lowest BCUT2D eigenvalue weighted by Gasteiger charge is -2.18. The molecular weight excluding hydrogens is 226 g/mol. The van der Waals surface area contributed by atoms with Gasteiger partial charge in [0.05, 0.1) is 5.69 Å². The second kappa shape index (κ2) is 7.82. The standard InChI is InChI=1S/C14H23N3O/c1-4-17(5-2)14(18)9-10-15-11-13-8-6-7-12(3)16-13/h6-8,15H,4-5,9-11H2,1-3H3. The van der Waals surface area contributed by atoms with Crippen molar-refractivity contribution >= 4 is 5.91 Å². The van der Waals surface area contributed by atoms with Crippen molar-refractivity contribution in [1.82, 2.24) is 15.2 Å².